The van der Waals surface area contributed by atoms with Gasteiger partial charge in [0.15, 0.2) is 0 Å². The summed E-state index contributed by atoms with van der Waals surface area (Å²) in [5, 5.41) is 0.414. The molecule has 4 rings (SSSR count). The number of nitrogens with zero attached hydrogens (tertiary/aromatic N) is 3. The van der Waals surface area contributed by atoms with E-state index >= 15 is 0 Å². The van der Waals surface area contributed by atoms with Crippen molar-refractivity contribution in [2.75, 3.05) is 24.5 Å². The Bertz CT molecular complexity index is 1010. The number of fused-ring (bicyclic) bond motifs is 1. The Morgan fingerprint density at radius 2 is 1.83 bits per heavy atom. The Hall–Kier alpha value is -1.77. The van der Waals surface area contributed by atoms with Crippen molar-refractivity contribution in [2.45, 2.75) is 47.6 Å². The van der Waals surface area contributed by atoms with Crippen molar-refractivity contribution in [1.82, 2.24) is 8.87 Å². The third-order valence-electron chi connectivity index (χ3n) is 5.64. The normalized spacial score (nSPS) is 20.9. The van der Waals surface area contributed by atoms with Gasteiger partial charge in [0, 0.05) is 43.0 Å². The molecule has 0 radical (unpaired) electrons. The molecule has 0 bridgehead atoms. The molecule has 2 aliphatic heterocycles. The van der Waals surface area contributed by atoms with Gasteiger partial charge in [0.05, 0.1) is 5.69 Å². The fourth-order valence-electron chi connectivity index (χ4n) is 3.98. The van der Waals surface area contributed by atoms with E-state index in [1.165, 1.54) is 6.07 Å². The van der Waals surface area contributed by atoms with Crippen LogP contribution in [0.2, 0.25) is 0 Å². The van der Waals surface area contributed by atoms with E-state index in [1.54, 1.807) is 38.8 Å². The summed E-state index contributed by atoms with van der Waals surface area (Å²) in [7, 11) is -1.83. The molecule has 1 aromatic carbocycles. The largest absolute Gasteiger partial charge is 0.345 e. The van der Waals surface area contributed by atoms with Crippen molar-refractivity contribution in [1.29, 1.82) is 0 Å². The summed E-state index contributed by atoms with van der Waals surface area (Å²) < 4.78 is 29.2. The number of benzene rings is 1. The molecule has 1 amide bonds. The van der Waals surface area contributed by atoms with E-state index in [-0.39, 0.29) is 10.8 Å². The lowest BCUT2D eigenvalue weighted by atomic mass is 10.2. The van der Waals surface area contributed by atoms with Crippen LogP contribution in [0, 0.1) is 0 Å². The van der Waals surface area contributed by atoms with Gasteiger partial charge in [0.1, 0.15) is 10.6 Å². The number of anilines is 1. The van der Waals surface area contributed by atoms with Crippen LogP contribution in [0.3, 0.4) is 0 Å². The van der Waals surface area contributed by atoms with Crippen molar-refractivity contribution in [3.05, 3.63) is 42.2 Å². The molecule has 0 spiro atoms. The monoisotopic (exact) mass is 433 g/mol. The smallest absolute Gasteiger partial charge is 0.274 e. The summed E-state index contributed by atoms with van der Waals surface area (Å²) in [4.78, 5) is 16.5. The van der Waals surface area contributed by atoms with E-state index in [2.05, 4.69) is 6.92 Å². The number of hydrogen-bond donors (Lipinski definition) is 0. The second kappa shape index (κ2) is 8.16. The van der Waals surface area contributed by atoms with Crippen LogP contribution in [0.15, 0.2) is 46.3 Å². The van der Waals surface area contributed by atoms with Gasteiger partial charge < -0.3 is 9.47 Å². The number of piperidine rings is 1. The minimum Gasteiger partial charge on any atom is -0.345 e. The lowest BCUT2D eigenvalue weighted by Gasteiger charge is -2.25. The van der Waals surface area contributed by atoms with Crippen LogP contribution in [0.5, 0.6) is 0 Å². The number of aromatic nitrogens is 1. The van der Waals surface area contributed by atoms with E-state index < -0.39 is 10.0 Å². The van der Waals surface area contributed by atoms with Crippen molar-refractivity contribution >= 4 is 33.4 Å². The zero-order chi connectivity index (χ0) is 20.6. The molecule has 3 heterocycles. The molecule has 29 heavy (non-hydrogen) atoms. The number of sulfonamides is 1. The molecule has 1 atom stereocenters. The molecule has 0 N–H and O–H groups in total. The summed E-state index contributed by atoms with van der Waals surface area (Å²) in [5.74, 6) is -0.158. The fraction of sp³-hybridized carbons (Fsp3) is 0.476. The second-order valence-electron chi connectivity index (χ2n) is 7.78. The number of carbonyl (C=O) groups excluding carboxylic acids is 1. The molecule has 8 heteroatoms. The molecule has 1 saturated heterocycles. The Morgan fingerprint density at radius 3 is 2.59 bits per heavy atom. The molecule has 1 fully saturated rings. The van der Waals surface area contributed by atoms with Crippen LogP contribution in [0.25, 0.3) is 0 Å². The summed E-state index contributed by atoms with van der Waals surface area (Å²) in [6.07, 6.45) is 5.29. The number of rotatable bonds is 3. The average molecular weight is 434 g/mol. The van der Waals surface area contributed by atoms with E-state index in [0.717, 1.165) is 36.3 Å². The predicted molar refractivity (Wildman–Crippen MR) is 116 cm³/mol. The third-order valence-corrected chi connectivity index (χ3v) is 8.74. The maximum Gasteiger partial charge on any atom is 0.274 e. The van der Waals surface area contributed by atoms with Crippen LogP contribution in [0.1, 0.15) is 43.1 Å². The third kappa shape index (κ3) is 3.98. The van der Waals surface area contributed by atoms with Gasteiger partial charge in [0.2, 0.25) is 10.0 Å². The molecule has 0 aliphatic carbocycles. The quantitative estimate of drug-likeness (QED) is 0.740. The first-order valence-corrected chi connectivity index (χ1v) is 12.4. The highest BCUT2D eigenvalue weighted by Crippen LogP contribution is 2.38. The van der Waals surface area contributed by atoms with Crippen LogP contribution in [0.4, 0.5) is 5.69 Å². The van der Waals surface area contributed by atoms with Crippen LogP contribution >= 0.6 is 11.8 Å². The number of aryl methyl sites for hydroxylation is 1. The first-order valence-electron chi connectivity index (χ1n) is 10.1. The Kier molecular flexibility index (Phi) is 5.77. The summed E-state index contributed by atoms with van der Waals surface area (Å²) in [6, 6.07) is 9.47. The van der Waals surface area contributed by atoms with Gasteiger partial charge in [0.25, 0.3) is 5.91 Å². The molecule has 2 aromatic rings. The van der Waals surface area contributed by atoms with Gasteiger partial charge in [-0.2, -0.15) is 4.31 Å². The molecule has 1 unspecified atom stereocenters. The van der Waals surface area contributed by atoms with Gasteiger partial charge >= 0.3 is 0 Å². The maximum absolute atomic E-state index is 13.4. The molecule has 1 aromatic heterocycles. The number of para-hydroxylation sites is 1. The number of amides is 1. The highest BCUT2D eigenvalue weighted by molar-refractivity contribution is 8.00. The lowest BCUT2D eigenvalue weighted by molar-refractivity contribution is 0.0978. The van der Waals surface area contributed by atoms with E-state index in [0.29, 0.717) is 30.6 Å². The van der Waals surface area contributed by atoms with E-state index in [4.69, 9.17) is 0 Å². The Balaban J connectivity index is 1.67. The molecular weight excluding hydrogens is 406 g/mol. The molecule has 156 valence electrons. The van der Waals surface area contributed by atoms with Gasteiger partial charge in [-0.3, -0.25) is 4.79 Å². The summed E-state index contributed by atoms with van der Waals surface area (Å²) in [5.41, 5.74) is 1.29. The van der Waals surface area contributed by atoms with Gasteiger partial charge in [-0.25, -0.2) is 8.42 Å². The van der Waals surface area contributed by atoms with E-state index in [1.807, 2.05) is 24.3 Å². The molecule has 0 saturated carbocycles. The standard InChI is InChI=1S/C21H27N3O3S2/c1-16-10-13-24(18-8-4-5-9-20(18)28-16)21(25)19-14-17(15-22(19)2)29(26,27)23-11-6-3-7-12-23/h4-5,8-9,14-16H,3,6-7,10-13H2,1-2H3. The second-order valence-corrected chi connectivity index (χ2v) is 11.2. The van der Waals surface area contributed by atoms with E-state index in [9.17, 15) is 13.2 Å². The topological polar surface area (TPSA) is 62.6 Å². The van der Waals surface area contributed by atoms with Gasteiger partial charge in [-0.1, -0.05) is 25.5 Å². The number of thioether (sulfide) groups is 1. The molecule has 6 nitrogen and oxygen atoms in total. The SMILES string of the molecule is CC1CCN(C(=O)c2cc(S(=O)(=O)N3CCCCC3)cn2C)c2ccccc2S1. The first-order chi connectivity index (χ1) is 13.9. The predicted octanol–water partition coefficient (Wildman–Crippen LogP) is 3.73. The number of hydrogen-bond acceptors (Lipinski definition) is 4. The van der Waals surface area contributed by atoms with Crippen molar-refractivity contribution in [2.24, 2.45) is 7.05 Å². The van der Waals surface area contributed by atoms with Gasteiger partial charge in [-0.15, -0.1) is 11.8 Å². The first kappa shape index (κ1) is 20.5. The highest BCUT2D eigenvalue weighted by Gasteiger charge is 2.31. The Morgan fingerprint density at radius 1 is 1.10 bits per heavy atom. The molecule has 2 aliphatic rings. The Labute approximate surface area is 176 Å². The van der Waals surface area contributed by atoms with Crippen molar-refractivity contribution in [3.8, 4) is 0 Å². The fourth-order valence-corrected chi connectivity index (χ4v) is 6.68. The zero-order valence-electron chi connectivity index (χ0n) is 16.9. The minimum atomic E-state index is -3.57. The average Bonchev–Trinajstić information content (AvgIpc) is 3.03. The van der Waals surface area contributed by atoms with Crippen molar-refractivity contribution < 1.29 is 13.2 Å². The lowest BCUT2D eigenvalue weighted by Crippen LogP contribution is -2.35. The molecular formula is C21H27N3O3S2. The number of carbonyl (C=O) groups is 1. The summed E-state index contributed by atoms with van der Waals surface area (Å²) >= 11 is 1.78. The van der Waals surface area contributed by atoms with Crippen LogP contribution in [-0.4, -0.2) is 48.1 Å². The zero-order valence-corrected chi connectivity index (χ0v) is 18.5. The van der Waals surface area contributed by atoms with Gasteiger partial charge in [-0.05, 0) is 37.5 Å². The minimum absolute atomic E-state index is 0.158. The van der Waals surface area contributed by atoms with Crippen LogP contribution < -0.4 is 4.90 Å². The highest BCUT2D eigenvalue weighted by atomic mass is 32.2. The van der Waals surface area contributed by atoms with Crippen molar-refractivity contribution in [3.63, 3.8) is 0 Å². The van der Waals surface area contributed by atoms with Crippen LogP contribution in [-0.2, 0) is 17.1 Å². The maximum atomic E-state index is 13.4. The summed E-state index contributed by atoms with van der Waals surface area (Å²) in [6.45, 7) is 3.88.